The summed E-state index contributed by atoms with van der Waals surface area (Å²) in [7, 11) is 0. The SMILES string of the molecule is CCOc1cc(NC(C)c2ccc(Cl)s2)cc([N+](=O)[O-])c1. The summed E-state index contributed by atoms with van der Waals surface area (Å²) in [5.74, 6) is 0.477. The van der Waals surface area contributed by atoms with E-state index in [2.05, 4.69) is 5.32 Å². The number of hydrogen-bond donors (Lipinski definition) is 1. The van der Waals surface area contributed by atoms with Gasteiger partial charge in [-0.2, -0.15) is 0 Å². The maximum atomic E-state index is 11.0. The Kier molecular flexibility index (Phi) is 5.03. The van der Waals surface area contributed by atoms with Crippen LogP contribution in [0.15, 0.2) is 30.3 Å². The van der Waals surface area contributed by atoms with Crippen molar-refractivity contribution in [3.05, 3.63) is 49.7 Å². The van der Waals surface area contributed by atoms with Gasteiger partial charge in [-0.15, -0.1) is 11.3 Å². The summed E-state index contributed by atoms with van der Waals surface area (Å²) in [5.41, 5.74) is 0.643. The molecule has 0 spiro atoms. The third kappa shape index (κ3) is 4.09. The van der Waals surface area contributed by atoms with Gasteiger partial charge in [-0.1, -0.05) is 11.6 Å². The van der Waals surface area contributed by atoms with Crippen molar-refractivity contribution in [1.82, 2.24) is 0 Å². The van der Waals surface area contributed by atoms with Crippen molar-refractivity contribution in [3.8, 4) is 5.75 Å². The summed E-state index contributed by atoms with van der Waals surface area (Å²) in [6.45, 7) is 4.26. The van der Waals surface area contributed by atoms with E-state index in [9.17, 15) is 10.1 Å². The first-order chi connectivity index (χ1) is 9.99. The Labute approximate surface area is 131 Å². The number of nitrogens with zero attached hydrogens (tertiary/aromatic N) is 1. The third-order valence-corrected chi connectivity index (χ3v) is 4.23. The van der Waals surface area contributed by atoms with Crippen molar-refractivity contribution >= 4 is 34.3 Å². The van der Waals surface area contributed by atoms with Crippen LogP contribution in [0.4, 0.5) is 11.4 Å². The van der Waals surface area contributed by atoms with Gasteiger partial charge < -0.3 is 10.1 Å². The second kappa shape index (κ2) is 6.78. The van der Waals surface area contributed by atoms with Crippen molar-refractivity contribution in [2.24, 2.45) is 0 Å². The Balaban J connectivity index is 2.23. The Morgan fingerprint density at radius 2 is 2.19 bits per heavy atom. The predicted molar refractivity (Wildman–Crippen MR) is 85.6 cm³/mol. The fourth-order valence-corrected chi connectivity index (χ4v) is 2.97. The molecule has 1 N–H and O–H groups in total. The van der Waals surface area contributed by atoms with E-state index in [1.807, 2.05) is 26.0 Å². The minimum Gasteiger partial charge on any atom is -0.494 e. The summed E-state index contributed by atoms with van der Waals surface area (Å²) in [6, 6.07) is 8.43. The summed E-state index contributed by atoms with van der Waals surface area (Å²) >= 11 is 7.40. The highest BCUT2D eigenvalue weighted by molar-refractivity contribution is 7.16. The number of thiophene rings is 1. The zero-order chi connectivity index (χ0) is 15.4. The van der Waals surface area contributed by atoms with E-state index in [1.165, 1.54) is 23.5 Å². The van der Waals surface area contributed by atoms with Gasteiger partial charge in [0.05, 0.1) is 28.0 Å². The van der Waals surface area contributed by atoms with Crippen LogP contribution in [-0.4, -0.2) is 11.5 Å². The molecule has 0 saturated carbocycles. The molecule has 1 unspecified atom stereocenters. The molecular formula is C14H15ClN2O3S. The largest absolute Gasteiger partial charge is 0.494 e. The lowest BCUT2D eigenvalue weighted by atomic mass is 10.2. The van der Waals surface area contributed by atoms with Crippen LogP contribution in [0.1, 0.15) is 24.8 Å². The average molecular weight is 327 g/mol. The number of non-ortho nitro benzene ring substituents is 1. The lowest BCUT2D eigenvalue weighted by molar-refractivity contribution is -0.384. The van der Waals surface area contributed by atoms with Gasteiger partial charge in [-0.25, -0.2) is 0 Å². The standard InChI is InChI=1S/C14H15ClN2O3S/c1-3-20-12-7-10(6-11(8-12)17(18)19)16-9(2)13-4-5-14(15)21-13/h4-9,16H,3H2,1-2H3. The Morgan fingerprint density at radius 3 is 2.76 bits per heavy atom. The van der Waals surface area contributed by atoms with Crippen molar-refractivity contribution in [2.75, 3.05) is 11.9 Å². The smallest absolute Gasteiger partial charge is 0.275 e. The van der Waals surface area contributed by atoms with Gasteiger partial charge in [0.1, 0.15) is 5.75 Å². The summed E-state index contributed by atoms with van der Waals surface area (Å²) in [4.78, 5) is 11.6. The van der Waals surface area contributed by atoms with Gasteiger partial charge >= 0.3 is 0 Å². The molecule has 0 saturated heterocycles. The molecule has 2 aromatic rings. The van der Waals surface area contributed by atoms with Crippen LogP contribution in [0.5, 0.6) is 5.75 Å². The van der Waals surface area contributed by atoms with Gasteiger partial charge in [0.2, 0.25) is 0 Å². The van der Waals surface area contributed by atoms with Crippen LogP contribution in [-0.2, 0) is 0 Å². The lowest BCUT2D eigenvalue weighted by Gasteiger charge is -2.14. The van der Waals surface area contributed by atoms with E-state index < -0.39 is 4.92 Å². The van der Waals surface area contributed by atoms with E-state index in [0.717, 1.165) is 4.88 Å². The molecule has 0 fully saturated rings. The highest BCUT2D eigenvalue weighted by Gasteiger charge is 2.13. The summed E-state index contributed by atoms with van der Waals surface area (Å²) in [6.07, 6.45) is 0. The first-order valence-corrected chi connectivity index (χ1v) is 7.63. The zero-order valence-electron chi connectivity index (χ0n) is 11.6. The van der Waals surface area contributed by atoms with Gasteiger partial charge in [-0.3, -0.25) is 10.1 Å². The van der Waals surface area contributed by atoms with Gasteiger partial charge in [0, 0.05) is 22.7 Å². The molecule has 2 rings (SSSR count). The molecule has 1 aromatic heterocycles. The maximum absolute atomic E-state index is 11.0. The van der Waals surface area contributed by atoms with E-state index in [1.54, 1.807) is 6.07 Å². The first kappa shape index (κ1) is 15.6. The molecule has 0 aliphatic rings. The molecule has 5 nitrogen and oxygen atoms in total. The number of nitrogens with one attached hydrogen (secondary N) is 1. The minimum atomic E-state index is -0.430. The molecule has 0 radical (unpaired) electrons. The van der Waals surface area contributed by atoms with E-state index in [4.69, 9.17) is 16.3 Å². The van der Waals surface area contributed by atoms with Crippen LogP contribution in [0.2, 0.25) is 4.34 Å². The number of nitro groups is 1. The van der Waals surface area contributed by atoms with Gasteiger partial charge in [0.25, 0.3) is 5.69 Å². The van der Waals surface area contributed by atoms with Crippen LogP contribution < -0.4 is 10.1 Å². The summed E-state index contributed by atoms with van der Waals surface area (Å²) in [5, 5.41) is 14.2. The third-order valence-electron chi connectivity index (χ3n) is 2.82. The number of ether oxygens (including phenoxy) is 1. The number of hydrogen-bond acceptors (Lipinski definition) is 5. The first-order valence-electron chi connectivity index (χ1n) is 6.43. The molecule has 7 heteroatoms. The summed E-state index contributed by atoms with van der Waals surface area (Å²) < 4.78 is 6.08. The van der Waals surface area contributed by atoms with Crippen LogP contribution >= 0.6 is 22.9 Å². The molecule has 21 heavy (non-hydrogen) atoms. The topological polar surface area (TPSA) is 64.4 Å². The van der Waals surface area contributed by atoms with Crippen molar-refractivity contribution in [1.29, 1.82) is 0 Å². The van der Waals surface area contributed by atoms with Crippen molar-refractivity contribution in [3.63, 3.8) is 0 Å². The second-order valence-corrected chi connectivity index (χ2v) is 6.16. The van der Waals surface area contributed by atoms with Crippen LogP contribution in [0.25, 0.3) is 0 Å². The van der Waals surface area contributed by atoms with E-state index >= 15 is 0 Å². The molecule has 1 atom stereocenters. The van der Waals surface area contributed by atoms with Gasteiger partial charge in [0.15, 0.2) is 0 Å². The van der Waals surface area contributed by atoms with Gasteiger partial charge in [-0.05, 0) is 26.0 Å². The minimum absolute atomic E-state index is 0.000128. The fourth-order valence-electron chi connectivity index (χ4n) is 1.90. The Morgan fingerprint density at radius 1 is 1.43 bits per heavy atom. The highest BCUT2D eigenvalue weighted by atomic mass is 35.5. The number of anilines is 1. The molecule has 0 bridgehead atoms. The van der Waals surface area contributed by atoms with Crippen molar-refractivity contribution in [2.45, 2.75) is 19.9 Å². The number of benzene rings is 1. The normalized spacial score (nSPS) is 12.0. The second-order valence-electron chi connectivity index (χ2n) is 4.41. The quantitative estimate of drug-likeness (QED) is 0.607. The van der Waals surface area contributed by atoms with E-state index in [0.29, 0.717) is 22.4 Å². The van der Waals surface area contributed by atoms with E-state index in [-0.39, 0.29) is 11.7 Å². The Bertz CT molecular complexity index is 645. The molecule has 112 valence electrons. The molecule has 0 aliphatic heterocycles. The number of rotatable bonds is 6. The monoisotopic (exact) mass is 326 g/mol. The number of nitro benzene ring substituents is 1. The van der Waals surface area contributed by atoms with Crippen molar-refractivity contribution < 1.29 is 9.66 Å². The van der Waals surface area contributed by atoms with Crippen LogP contribution in [0, 0.1) is 10.1 Å². The molecule has 0 amide bonds. The Hall–Kier alpha value is -1.79. The molecule has 1 heterocycles. The van der Waals surface area contributed by atoms with Crippen LogP contribution in [0.3, 0.4) is 0 Å². The zero-order valence-corrected chi connectivity index (χ0v) is 13.2. The number of halogens is 1. The fraction of sp³-hybridized carbons (Fsp3) is 0.286. The molecule has 1 aromatic carbocycles. The average Bonchev–Trinajstić information content (AvgIpc) is 2.85. The highest BCUT2D eigenvalue weighted by Crippen LogP contribution is 2.32. The predicted octanol–water partition coefficient (Wildman–Crippen LogP) is 4.88. The molecular weight excluding hydrogens is 312 g/mol. The lowest BCUT2D eigenvalue weighted by Crippen LogP contribution is -2.05. The molecule has 0 aliphatic carbocycles. The maximum Gasteiger partial charge on any atom is 0.275 e.